The van der Waals surface area contributed by atoms with Crippen LogP contribution in [0, 0.1) is 56.2 Å². The third-order valence-corrected chi connectivity index (χ3v) is 5.41. The molecular formula is C23H16N4. The van der Waals surface area contributed by atoms with E-state index in [0.29, 0.717) is 11.1 Å². The Morgan fingerprint density at radius 3 is 1.52 bits per heavy atom. The zero-order valence-electron chi connectivity index (χ0n) is 14.8. The number of rotatable bonds is 2. The number of hydrogen-bond donors (Lipinski definition) is 0. The van der Waals surface area contributed by atoms with Crippen LogP contribution in [0.25, 0.3) is 0 Å². The second-order valence-electron chi connectivity index (χ2n) is 6.81. The molecule has 0 spiro atoms. The molecule has 1 aliphatic carbocycles. The van der Waals surface area contributed by atoms with Gasteiger partial charge in [0.15, 0.2) is 10.8 Å². The first kappa shape index (κ1) is 17.9. The Balaban J connectivity index is 2.59. The summed E-state index contributed by atoms with van der Waals surface area (Å²) in [5, 5.41) is 40.5. The lowest BCUT2D eigenvalue weighted by Crippen LogP contribution is -2.56. The van der Waals surface area contributed by atoms with Gasteiger partial charge in [-0.25, -0.2) is 0 Å². The number of nitriles is 4. The molecule has 0 heterocycles. The van der Waals surface area contributed by atoms with E-state index >= 15 is 0 Å². The van der Waals surface area contributed by atoms with Crippen molar-refractivity contribution in [3.8, 4) is 24.3 Å². The van der Waals surface area contributed by atoms with Crippen molar-refractivity contribution in [2.75, 3.05) is 0 Å². The van der Waals surface area contributed by atoms with E-state index in [1.165, 1.54) is 0 Å². The highest BCUT2D eigenvalue weighted by atomic mass is 14.7. The SMILES string of the molecule is CC1=CC(c2ccccc2)(c2ccccc2)C(C#N)(C#N)C(C#N)(C#N)C1. The van der Waals surface area contributed by atoms with Crippen LogP contribution in [0.2, 0.25) is 0 Å². The molecule has 0 saturated carbocycles. The summed E-state index contributed by atoms with van der Waals surface area (Å²) < 4.78 is 0. The van der Waals surface area contributed by atoms with Gasteiger partial charge in [0.1, 0.15) is 0 Å². The number of allylic oxidation sites excluding steroid dienone is 2. The van der Waals surface area contributed by atoms with Gasteiger partial charge >= 0.3 is 0 Å². The molecule has 3 rings (SSSR count). The van der Waals surface area contributed by atoms with Gasteiger partial charge in [-0.15, -0.1) is 0 Å². The topological polar surface area (TPSA) is 95.2 Å². The molecule has 27 heavy (non-hydrogen) atoms. The van der Waals surface area contributed by atoms with Crippen LogP contribution in [0.4, 0.5) is 0 Å². The quantitative estimate of drug-likeness (QED) is 0.752. The maximum absolute atomic E-state index is 10.3. The Bertz CT molecular complexity index is 986. The second kappa shape index (κ2) is 6.46. The smallest absolute Gasteiger partial charge is 0.192 e. The fraction of sp³-hybridized carbons (Fsp3) is 0.217. The Morgan fingerprint density at radius 2 is 1.15 bits per heavy atom. The van der Waals surface area contributed by atoms with Gasteiger partial charge in [0.05, 0.1) is 29.7 Å². The first-order valence-electron chi connectivity index (χ1n) is 8.50. The van der Waals surface area contributed by atoms with Crippen LogP contribution in [0.3, 0.4) is 0 Å². The molecule has 0 aromatic heterocycles. The highest BCUT2D eigenvalue weighted by Crippen LogP contribution is 2.61. The highest BCUT2D eigenvalue weighted by molar-refractivity contribution is 5.59. The summed E-state index contributed by atoms with van der Waals surface area (Å²) >= 11 is 0. The molecular weight excluding hydrogens is 332 g/mol. The molecule has 0 amide bonds. The maximum atomic E-state index is 10.3. The van der Waals surface area contributed by atoms with Gasteiger partial charge < -0.3 is 0 Å². The summed E-state index contributed by atoms with van der Waals surface area (Å²) in [6.07, 6.45) is 1.94. The van der Waals surface area contributed by atoms with Crippen LogP contribution < -0.4 is 0 Å². The second-order valence-corrected chi connectivity index (χ2v) is 6.81. The maximum Gasteiger partial charge on any atom is 0.192 e. The number of nitrogens with zero attached hydrogens (tertiary/aromatic N) is 4. The lowest BCUT2D eigenvalue weighted by atomic mass is 9.44. The van der Waals surface area contributed by atoms with E-state index in [4.69, 9.17) is 0 Å². The van der Waals surface area contributed by atoms with Gasteiger partial charge in [-0.3, -0.25) is 0 Å². The van der Waals surface area contributed by atoms with Crippen molar-refractivity contribution < 1.29 is 0 Å². The Morgan fingerprint density at radius 1 is 0.704 bits per heavy atom. The zero-order valence-corrected chi connectivity index (χ0v) is 14.8. The first-order valence-corrected chi connectivity index (χ1v) is 8.50. The normalized spacial score (nSPS) is 18.6. The van der Waals surface area contributed by atoms with E-state index in [9.17, 15) is 21.0 Å². The van der Waals surface area contributed by atoms with Crippen molar-refractivity contribution >= 4 is 0 Å². The first-order chi connectivity index (χ1) is 13.1. The van der Waals surface area contributed by atoms with Gasteiger partial charge in [0, 0.05) is 6.42 Å². The van der Waals surface area contributed by atoms with Crippen LogP contribution in [0.1, 0.15) is 24.5 Å². The summed E-state index contributed by atoms with van der Waals surface area (Å²) in [4.78, 5) is 0. The third kappa shape index (κ3) is 2.18. The average molecular weight is 348 g/mol. The summed E-state index contributed by atoms with van der Waals surface area (Å²) in [7, 11) is 0. The standard InChI is InChI=1S/C23H16N4/c1-18-12-21(14-24,15-25)22(16-26,17-27)23(13-18,19-8-4-2-5-9-19)20-10-6-3-7-11-20/h2-11,13H,12H2,1H3. The van der Waals surface area contributed by atoms with Gasteiger partial charge in [0.25, 0.3) is 0 Å². The summed E-state index contributed by atoms with van der Waals surface area (Å²) in [5.74, 6) is 0. The van der Waals surface area contributed by atoms with E-state index in [2.05, 4.69) is 12.1 Å². The molecule has 4 heteroatoms. The molecule has 0 saturated heterocycles. The summed E-state index contributed by atoms with van der Waals surface area (Å²) in [5.41, 5.74) is -2.74. The molecule has 2 aromatic carbocycles. The fourth-order valence-corrected chi connectivity index (χ4v) is 4.25. The van der Waals surface area contributed by atoms with Gasteiger partial charge in [-0.05, 0) is 18.1 Å². The predicted molar refractivity (Wildman–Crippen MR) is 99.4 cm³/mol. The lowest BCUT2D eigenvalue weighted by molar-refractivity contribution is 0.197. The minimum atomic E-state index is -1.91. The molecule has 0 radical (unpaired) electrons. The van der Waals surface area contributed by atoms with Crippen LogP contribution in [-0.4, -0.2) is 0 Å². The van der Waals surface area contributed by atoms with E-state index in [1.807, 2.05) is 85.8 Å². The molecule has 4 nitrogen and oxygen atoms in total. The average Bonchev–Trinajstić information content (AvgIpc) is 2.74. The van der Waals surface area contributed by atoms with Crippen molar-refractivity contribution in [3.63, 3.8) is 0 Å². The summed E-state index contributed by atoms with van der Waals surface area (Å²) in [6, 6.07) is 26.7. The van der Waals surface area contributed by atoms with E-state index in [0.717, 1.165) is 5.57 Å². The molecule has 0 unspecified atom stereocenters. The molecule has 0 atom stereocenters. The van der Waals surface area contributed by atoms with Crippen molar-refractivity contribution in [2.45, 2.75) is 18.8 Å². The van der Waals surface area contributed by atoms with E-state index < -0.39 is 16.2 Å². The van der Waals surface area contributed by atoms with E-state index in [-0.39, 0.29) is 6.42 Å². The lowest BCUT2D eigenvalue weighted by Gasteiger charge is -2.50. The minimum Gasteiger partial charge on any atom is -0.196 e. The predicted octanol–water partition coefficient (Wildman–Crippen LogP) is 4.39. The van der Waals surface area contributed by atoms with Gasteiger partial charge in [-0.1, -0.05) is 72.3 Å². The van der Waals surface area contributed by atoms with Crippen LogP contribution in [0.5, 0.6) is 0 Å². The van der Waals surface area contributed by atoms with Crippen LogP contribution in [-0.2, 0) is 5.41 Å². The number of hydrogen-bond acceptors (Lipinski definition) is 4. The van der Waals surface area contributed by atoms with Crippen LogP contribution >= 0.6 is 0 Å². The van der Waals surface area contributed by atoms with Gasteiger partial charge in [-0.2, -0.15) is 21.0 Å². The summed E-state index contributed by atoms with van der Waals surface area (Å²) in [6.45, 7) is 1.84. The van der Waals surface area contributed by atoms with Crippen molar-refractivity contribution in [3.05, 3.63) is 83.4 Å². The Kier molecular flexibility index (Phi) is 4.29. The highest BCUT2D eigenvalue weighted by Gasteiger charge is 2.68. The molecule has 0 aliphatic heterocycles. The molecule has 0 fully saturated rings. The number of benzene rings is 2. The van der Waals surface area contributed by atoms with Crippen molar-refractivity contribution in [2.24, 2.45) is 10.8 Å². The zero-order chi connectivity index (χ0) is 19.5. The molecule has 1 aliphatic rings. The Hall–Kier alpha value is -3.86. The van der Waals surface area contributed by atoms with Crippen LogP contribution in [0.15, 0.2) is 72.3 Å². The molecule has 2 aromatic rings. The largest absolute Gasteiger partial charge is 0.196 e. The Labute approximate surface area is 158 Å². The molecule has 0 N–H and O–H groups in total. The third-order valence-electron chi connectivity index (χ3n) is 5.41. The fourth-order valence-electron chi connectivity index (χ4n) is 4.25. The minimum absolute atomic E-state index is 0.0581. The van der Waals surface area contributed by atoms with Crippen molar-refractivity contribution in [1.82, 2.24) is 0 Å². The molecule has 0 bridgehead atoms. The van der Waals surface area contributed by atoms with Gasteiger partial charge in [0.2, 0.25) is 0 Å². The molecule has 128 valence electrons. The van der Waals surface area contributed by atoms with E-state index in [1.54, 1.807) is 0 Å². The van der Waals surface area contributed by atoms with Crippen molar-refractivity contribution in [1.29, 1.82) is 21.0 Å². The monoisotopic (exact) mass is 348 g/mol.